The largest absolute Gasteiger partial charge is 0.481 e. The molecule has 2 unspecified atom stereocenters. The topological polar surface area (TPSA) is 187 Å². The summed E-state index contributed by atoms with van der Waals surface area (Å²) in [5.74, 6) is -2.56. The van der Waals surface area contributed by atoms with E-state index in [2.05, 4.69) is 41.4 Å². The number of hydrogen-bond donors (Lipinski definition) is 6. The summed E-state index contributed by atoms with van der Waals surface area (Å²) >= 11 is 0. The molecule has 3 aromatic rings. The number of nitrogens with zero attached hydrogens (tertiary/aromatic N) is 2. The third-order valence-corrected chi connectivity index (χ3v) is 10.2. The highest BCUT2D eigenvalue weighted by Crippen LogP contribution is 2.41. The van der Waals surface area contributed by atoms with E-state index in [-0.39, 0.29) is 30.6 Å². The molecule has 5 rings (SSSR count). The lowest BCUT2D eigenvalue weighted by Crippen LogP contribution is -2.40. The van der Waals surface area contributed by atoms with E-state index in [1.807, 2.05) is 51.1 Å². The maximum Gasteiger partial charge on any atom is 0.326 e. The number of aromatic nitrogens is 4. The van der Waals surface area contributed by atoms with Crippen LogP contribution in [0.5, 0.6) is 0 Å². The van der Waals surface area contributed by atoms with E-state index in [9.17, 15) is 24.6 Å². The second-order valence-corrected chi connectivity index (χ2v) is 13.5. The number of carbonyl (C=O) groups excluding carboxylic acids is 1. The molecule has 0 aromatic carbocycles. The lowest BCUT2D eigenvalue weighted by molar-refractivity contribution is -0.142. The van der Waals surface area contributed by atoms with E-state index in [1.54, 1.807) is 0 Å². The molecule has 0 fully saturated rings. The van der Waals surface area contributed by atoms with Crippen molar-refractivity contribution in [1.29, 1.82) is 0 Å². The monoisotopic (exact) mass is 692 g/mol. The van der Waals surface area contributed by atoms with Gasteiger partial charge in [0.25, 0.3) is 0 Å². The van der Waals surface area contributed by atoms with Crippen LogP contribution in [0.1, 0.15) is 116 Å². The third-order valence-electron chi connectivity index (χ3n) is 10.2. The van der Waals surface area contributed by atoms with E-state index >= 15 is 0 Å². The van der Waals surface area contributed by atoms with Crippen molar-refractivity contribution in [3.63, 3.8) is 0 Å². The standard InChI is InChI=1S/C40H48N6O5/c1-7-25-21(3)30-17-31-24(6)28(13-15-39(48)49)37(44-31)20-36-27(12-14-38(47)46-29(40(50)51)11-9-10-16-41)23(5)33(45-36)19-35-26(8-2)22(4)32(43-35)18-34(25)42-30/h7-8,17-20,24,28-29,42-43H,1-2,9-16,41H2,3-6H3,(H,46,47)(H,48,49)(H,50,51)/t24?,28?,29-/m0/s1. The summed E-state index contributed by atoms with van der Waals surface area (Å²) in [4.78, 5) is 54.0. The Labute approximate surface area is 297 Å². The molecule has 2 aliphatic heterocycles. The number of fused-ring (bicyclic) bond motifs is 8. The number of aryl methyl sites for hydroxylation is 2. The van der Waals surface area contributed by atoms with Gasteiger partial charge in [-0.3, -0.25) is 14.6 Å². The molecule has 0 aliphatic carbocycles. The summed E-state index contributed by atoms with van der Waals surface area (Å²) in [5, 5.41) is 22.0. The number of nitrogens with two attached hydrogens (primary N) is 1. The summed E-state index contributed by atoms with van der Waals surface area (Å²) in [7, 11) is 0. The molecule has 5 heterocycles. The maximum absolute atomic E-state index is 13.1. The number of allylic oxidation sites excluding steroid dienone is 2. The van der Waals surface area contributed by atoms with Crippen molar-refractivity contribution >= 4 is 63.2 Å². The van der Waals surface area contributed by atoms with Crippen molar-refractivity contribution in [2.75, 3.05) is 6.54 Å². The number of unbranched alkanes of at least 4 members (excludes halogenated alkanes) is 1. The predicted molar refractivity (Wildman–Crippen MR) is 203 cm³/mol. The third kappa shape index (κ3) is 7.88. The van der Waals surface area contributed by atoms with Gasteiger partial charge in [0.2, 0.25) is 5.91 Å². The molecule has 11 heteroatoms. The first-order chi connectivity index (χ1) is 24.4. The van der Waals surface area contributed by atoms with Gasteiger partial charge in [-0.1, -0.05) is 32.2 Å². The Bertz CT molecular complexity index is 2090. The molecule has 0 radical (unpaired) electrons. The molecular weight excluding hydrogens is 644 g/mol. The fraction of sp³-hybridized carbons (Fsp3) is 0.375. The van der Waals surface area contributed by atoms with Crippen LogP contribution in [0.2, 0.25) is 0 Å². The van der Waals surface area contributed by atoms with Crippen LogP contribution in [0.25, 0.3) is 45.4 Å². The van der Waals surface area contributed by atoms with E-state index in [4.69, 9.17) is 15.7 Å². The van der Waals surface area contributed by atoms with Gasteiger partial charge in [-0.25, -0.2) is 9.78 Å². The number of carbonyl (C=O) groups is 3. The Morgan fingerprint density at radius 1 is 0.882 bits per heavy atom. The van der Waals surface area contributed by atoms with Crippen molar-refractivity contribution in [3.05, 3.63) is 82.5 Å². The number of nitrogens with one attached hydrogen (secondary N) is 3. The second kappa shape index (κ2) is 15.7. The van der Waals surface area contributed by atoms with Gasteiger partial charge in [0.05, 0.1) is 11.4 Å². The van der Waals surface area contributed by atoms with Crippen LogP contribution in [-0.2, 0) is 14.4 Å². The van der Waals surface area contributed by atoms with Gasteiger partial charge in [0.15, 0.2) is 0 Å². The van der Waals surface area contributed by atoms with E-state index in [0.717, 1.165) is 66.9 Å². The number of aromatic amines is 2. The van der Waals surface area contributed by atoms with E-state index in [0.29, 0.717) is 50.0 Å². The molecule has 3 atom stereocenters. The number of rotatable bonds is 14. The molecule has 51 heavy (non-hydrogen) atoms. The average molecular weight is 693 g/mol. The van der Waals surface area contributed by atoms with Gasteiger partial charge >= 0.3 is 11.9 Å². The predicted octanol–water partition coefficient (Wildman–Crippen LogP) is 7.38. The number of amides is 1. The smallest absolute Gasteiger partial charge is 0.326 e. The Hall–Kier alpha value is -5.29. The number of H-pyrrole nitrogens is 2. The summed E-state index contributed by atoms with van der Waals surface area (Å²) in [5.41, 5.74) is 17.7. The molecular formula is C40H48N6O5. The van der Waals surface area contributed by atoms with Crippen molar-refractivity contribution < 1.29 is 24.6 Å². The summed E-state index contributed by atoms with van der Waals surface area (Å²) < 4.78 is 0. The van der Waals surface area contributed by atoms with E-state index < -0.39 is 18.0 Å². The second-order valence-electron chi connectivity index (χ2n) is 13.5. The number of hydrogen-bond acceptors (Lipinski definition) is 6. The Balaban J connectivity index is 1.70. The van der Waals surface area contributed by atoms with Crippen molar-refractivity contribution in [1.82, 2.24) is 25.3 Å². The minimum Gasteiger partial charge on any atom is -0.481 e. The molecule has 0 saturated heterocycles. The molecule has 268 valence electrons. The molecule has 11 nitrogen and oxygen atoms in total. The zero-order valence-electron chi connectivity index (χ0n) is 29.9. The normalized spacial score (nSPS) is 16.2. The summed E-state index contributed by atoms with van der Waals surface area (Å²) in [6, 6.07) is 7.02. The van der Waals surface area contributed by atoms with Crippen LogP contribution in [0.4, 0.5) is 0 Å². The zero-order chi connectivity index (χ0) is 37.0. The van der Waals surface area contributed by atoms with Crippen LogP contribution in [0, 0.1) is 13.8 Å². The number of carboxylic acid groups (broad SMARTS) is 2. The Morgan fingerprint density at radius 2 is 1.53 bits per heavy atom. The first-order valence-corrected chi connectivity index (χ1v) is 17.5. The zero-order valence-corrected chi connectivity index (χ0v) is 29.9. The maximum atomic E-state index is 13.1. The van der Waals surface area contributed by atoms with Gasteiger partial charge in [-0.05, 0) is 106 Å². The van der Waals surface area contributed by atoms with Gasteiger partial charge in [-0.15, -0.1) is 0 Å². The molecule has 1 amide bonds. The van der Waals surface area contributed by atoms with E-state index in [1.165, 1.54) is 0 Å². The lowest BCUT2D eigenvalue weighted by Gasteiger charge is -2.15. The highest BCUT2D eigenvalue weighted by Gasteiger charge is 2.30. The highest BCUT2D eigenvalue weighted by molar-refractivity contribution is 5.94. The average Bonchev–Trinajstić information content (AvgIpc) is 3.74. The number of aliphatic carboxylic acids is 2. The van der Waals surface area contributed by atoms with Crippen molar-refractivity contribution in [3.8, 4) is 0 Å². The number of carboxylic acids is 2. The van der Waals surface area contributed by atoms with Gasteiger partial charge in [0, 0.05) is 69.3 Å². The summed E-state index contributed by atoms with van der Waals surface area (Å²) in [6.07, 6.45) is 6.00. The first kappa shape index (κ1) is 37.0. The van der Waals surface area contributed by atoms with Gasteiger partial charge in [-0.2, -0.15) is 0 Å². The highest BCUT2D eigenvalue weighted by atomic mass is 16.4. The minimum atomic E-state index is -1.08. The molecule has 0 spiro atoms. The van der Waals surface area contributed by atoms with Gasteiger partial charge < -0.3 is 31.2 Å². The molecule has 8 bridgehead atoms. The fourth-order valence-corrected chi connectivity index (χ4v) is 7.15. The first-order valence-electron chi connectivity index (χ1n) is 17.5. The molecule has 7 N–H and O–H groups in total. The van der Waals surface area contributed by atoms with Crippen LogP contribution in [0.15, 0.2) is 37.4 Å². The van der Waals surface area contributed by atoms with Crippen LogP contribution in [0.3, 0.4) is 0 Å². The van der Waals surface area contributed by atoms with Gasteiger partial charge in [0.1, 0.15) is 6.04 Å². The fourth-order valence-electron chi connectivity index (χ4n) is 7.15. The lowest BCUT2D eigenvalue weighted by atomic mass is 9.87. The minimum absolute atomic E-state index is 0.00936. The SMILES string of the molecule is C=Cc1c(C)c2cc3[nH]c(cc4nc(cc5nc(cc1[nH]2)C(C)=C5CCC(=O)N[C@@H](CCCCN)C(=O)O)C(CCC(=O)O)C4C)c(C)c3C=C. The van der Waals surface area contributed by atoms with Crippen molar-refractivity contribution in [2.45, 2.75) is 90.5 Å². The quantitative estimate of drug-likeness (QED) is 0.0944. The summed E-state index contributed by atoms with van der Waals surface area (Å²) in [6.45, 7) is 16.7. The molecule has 2 aliphatic rings. The Morgan fingerprint density at radius 3 is 2.14 bits per heavy atom. The molecule has 3 aromatic heterocycles. The molecule has 0 saturated carbocycles. The Kier molecular flexibility index (Phi) is 11.4. The van der Waals surface area contributed by atoms with Crippen molar-refractivity contribution in [2.24, 2.45) is 5.73 Å². The van der Waals surface area contributed by atoms with Crippen LogP contribution < -0.4 is 11.1 Å². The van der Waals surface area contributed by atoms with Crippen LogP contribution in [-0.4, -0.2) is 60.6 Å². The van der Waals surface area contributed by atoms with Crippen LogP contribution >= 0.6 is 0 Å².